The van der Waals surface area contributed by atoms with Crippen molar-refractivity contribution in [1.82, 2.24) is 4.98 Å². The van der Waals surface area contributed by atoms with Crippen LogP contribution in [0.1, 0.15) is 69.9 Å². The van der Waals surface area contributed by atoms with E-state index in [9.17, 15) is 9.90 Å². The van der Waals surface area contributed by atoms with Gasteiger partial charge in [-0.2, -0.15) is 0 Å². The molecule has 4 heteroatoms. The summed E-state index contributed by atoms with van der Waals surface area (Å²) in [5.41, 5.74) is 1.000. The predicted molar refractivity (Wildman–Crippen MR) is 85.2 cm³/mol. The van der Waals surface area contributed by atoms with Gasteiger partial charge >= 0.3 is 5.97 Å². The summed E-state index contributed by atoms with van der Waals surface area (Å²) in [6, 6.07) is 4.22. The van der Waals surface area contributed by atoms with Crippen LogP contribution in [-0.4, -0.2) is 28.1 Å². The fraction of sp³-hybridized carbons (Fsp3) is 0.647. The molecule has 1 aromatic rings. The average Bonchev–Trinajstić information content (AvgIpc) is 2.37. The highest BCUT2D eigenvalue weighted by Crippen LogP contribution is 2.31. The fourth-order valence-corrected chi connectivity index (χ4v) is 3.03. The number of carbonyl (C=O) groups is 1. The van der Waals surface area contributed by atoms with Crippen LogP contribution in [0.2, 0.25) is 0 Å². The molecule has 0 spiro atoms. The lowest BCUT2D eigenvalue weighted by atomic mass is 9.90. The lowest BCUT2D eigenvalue weighted by molar-refractivity contribution is 0.0696. The van der Waals surface area contributed by atoms with Crippen molar-refractivity contribution in [3.63, 3.8) is 0 Å². The Morgan fingerprint density at radius 2 is 1.81 bits per heavy atom. The highest BCUT2D eigenvalue weighted by Gasteiger charge is 2.28. The monoisotopic (exact) mass is 290 g/mol. The number of pyridine rings is 1. The molecular formula is C17H26N2O2. The number of aromatic carboxylic acids is 1. The number of piperidine rings is 1. The van der Waals surface area contributed by atoms with Gasteiger partial charge in [0.25, 0.3) is 0 Å². The fourth-order valence-electron chi connectivity index (χ4n) is 3.03. The molecule has 0 radical (unpaired) electrons. The van der Waals surface area contributed by atoms with Gasteiger partial charge in [-0.15, -0.1) is 0 Å². The molecule has 4 nitrogen and oxygen atoms in total. The molecule has 1 aliphatic heterocycles. The zero-order chi connectivity index (χ0) is 15.8. The summed E-state index contributed by atoms with van der Waals surface area (Å²) in [7, 11) is 0. The second-order valence-corrected chi connectivity index (χ2v) is 7.19. The molecule has 1 saturated heterocycles. The van der Waals surface area contributed by atoms with E-state index in [1.165, 1.54) is 6.42 Å². The second-order valence-electron chi connectivity index (χ2n) is 7.19. The van der Waals surface area contributed by atoms with E-state index in [0.717, 1.165) is 24.4 Å². The zero-order valence-electron chi connectivity index (χ0n) is 13.7. The molecule has 0 unspecified atom stereocenters. The van der Waals surface area contributed by atoms with Crippen molar-refractivity contribution in [3.8, 4) is 0 Å². The number of anilines is 1. The summed E-state index contributed by atoms with van der Waals surface area (Å²) >= 11 is 0. The maximum Gasteiger partial charge on any atom is 0.335 e. The van der Waals surface area contributed by atoms with Gasteiger partial charge in [-0.25, -0.2) is 9.78 Å². The van der Waals surface area contributed by atoms with Crippen LogP contribution in [0.3, 0.4) is 0 Å². The lowest BCUT2D eigenvalue weighted by Crippen LogP contribution is -2.44. The van der Waals surface area contributed by atoms with Crippen LogP contribution in [-0.2, 0) is 5.41 Å². The van der Waals surface area contributed by atoms with Gasteiger partial charge in [-0.1, -0.05) is 20.8 Å². The van der Waals surface area contributed by atoms with Crippen molar-refractivity contribution in [2.45, 2.75) is 71.4 Å². The molecule has 2 heterocycles. The van der Waals surface area contributed by atoms with Crippen LogP contribution < -0.4 is 4.90 Å². The number of hydrogen-bond acceptors (Lipinski definition) is 3. The molecular weight excluding hydrogens is 264 g/mol. The smallest absolute Gasteiger partial charge is 0.335 e. The van der Waals surface area contributed by atoms with E-state index in [0.29, 0.717) is 17.6 Å². The Labute approximate surface area is 127 Å². The van der Waals surface area contributed by atoms with Crippen molar-refractivity contribution in [2.75, 3.05) is 4.90 Å². The number of aromatic nitrogens is 1. The van der Waals surface area contributed by atoms with E-state index in [1.807, 2.05) is 0 Å². The van der Waals surface area contributed by atoms with Crippen molar-refractivity contribution < 1.29 is 9.90 Å². The summed E-state index contributed by atoms with van der Waals surface area (Å²) in [5.74, 6) is -0.0824. The normalized spacial score (nSPS) is 23.2. The molecule has 1 aromatic heterocycles. The first-order valence-electron chi connectivity index (χ1n) is 7.74. The van der Waals surface area contributed by atoms with Crippen LogP contribution in [0.15, 0.2) is 12.1 Å². The molecule has 0 bridgehead atoms. The van der Waals surface area contributed by atoms with E-state index >= 15 is 0 Å². The SMILES string of the molecule is C[C@@H]1CCC[C@H](C)N1c1cc(C(=O)O)cc(C(C)(C)C)n1. The molecule has 2 atom stereocenters. The second kappa shape index (κ2) is 5.66. The quantitative estimate of drug-likeness (QED) is 0.899. The molecule has 116 valence electrons. The van der Waals surface area contributed by atoms with Gasteiger partial charge in [0.15, 0.2) is 0 Å². The molecule has 0 aromatic carbocycles. The Morgan fingerprint density at radius 3 is 2.29 bits per heavy atom. The van der Waals surface area contributed by atoms with Gasteiger partial charge in [-0.3, -0.25) is 0 Å². The lowest BCUT2D eigenvalue weighted by Gasteiger charge is -2.40. The Balaban J connectivity index is 2.51. The van der Waals surface area contributed by atoms with Crippen molar-refractivity contribution >= 4 is 11.8 Å². The van der Waals surface area contributed by atoms with Gasteiger partial charge in [0, 0.05) is 23.2 Å². The Kier molecular flexibility index (Phi) is 4.26. The summed E-state index contributed by atoms with van der Waals surface area (Å²) in [4.78, 5) is 18.5. The number of rotatable bonds is 2. The maximum atomic E-state index is 11.4. The molecule has 1 fully saturated rings. The zero-order valence-corrected chi connectivity index (χ0v) is 13.7. The van der Waals surface area contributed by atoms with Gasteiger partial charge in [0.05, 0.1) is 5.56 Å². The predicted octanol–water partition coefficient (Wildman–Crippen LogP) is 3.84. The van der Waals surface area contributed by atoms with Crippen molar-refractivity contribution in [2.24, 2.45) is 0 Å². The van der Waals surface area contributed by atoms with E-state index < -0.39 is 5.97 Å². The average molecular weight is 290 g/mol. The molecule has 0 saturated carbocycles. The number of carboxylic acid groups (broad SMARTS) is 1. The van der Waals surface area contributed by atoms with Gasteiger partial charge < -0.3 is 10.0 Å². The molecule has 21 heavy (non-hydrogen) atoms. The number of carboxylic acids is 1. The van der Waals surface area contributed by atoms with E-state index in [2.05, 4.69) is 39.5 Å². The number of nitrogens with zero attached hydrogens (tertiary/aromatic N) is 2. The minimum Gasteiger partial charge on any atom is -0.478 e. The van der Waals surface area contributed by atoms with Crippen LogP contribution in [0, 0.1) is 0 Å². The van der Waals surface area contributed by atoms with Crippen LogP contribution in [0.4, 0.5) is 5.82 Å². The molecule has 1 aliphatic rings. The Hall–Kier alpha value is -1.58. The highest BCUT2D eigenvalue weighted by atomic mass is 16.4. The van der Waals surface area contributed by atoms with E-state index in [-0.39, 0.29) is 5.41 Å². The van der Waals surface area contributed by atoms with Crippen LogP contribution in [0.25, 0.3) is 0 Å². The summed E-state index contributed by atoms with van der Waals surface area (Å²) < 4.78 is 0. The largest absolute Gasteiger partial charge is 0.478 e. The molecule has 1 N–H and O–H groups in total. The van der Waals surface area contributed by atoms with Crippen molar-refractivity contribution in [3.05, 3.63) is 23.4 Å². The van der Waals surface area contributed by atoms with Gasteiger partial charge in [-0.05, 0) is 45.2 Å². The standard InChI is InChI=1S/C17H26N2O2/c1-11-7-6-8-12(2)19(11)15-10-13(16(20)21)9-14(18-15)17(3,4)5/h9-12H,6-8H2,1-5H3,(H,20,21)/t11-,12+. The Morgan fingerprint density at radius 1 is 1.24 bits per heavy atom. The van der Waals surface area contributed by atoms with E-state index in [4.69, 9.17) is 4.98 Å². The molecule has 0 aliphatic carbocycles. The van der Waals surface area contributed by atoms with Crippen molar-refractivity contribution in [1.29, 1.82) is 0 Å². The first-order chi connectivity index (χ1) is 9.70. The first kappa shape index (κ1) is 15.8. The van der Waals surface area contributed by atoms with Gasteiger partial charge in [0.1, 0.15) is 5.82 Å². The third kappa shape index (κ3) is 3.36. The minimum absolute atomic E-state index is 0.164. The minimum atomic E-state index is -0.888. The Bertz CT molecular complexity index is 524. The highest BCUT2D eigenvalue weighted by molar-refractivity contribution is 5.88. The van der Waals surface area contributed by atoms with E-state index in [1.54, 1.807) is 12.1 Å². The summed E-state index contributed by atoms with van der Waals surface area (Å²) in [6.45, 7) is 10.6. The maximum absolute atomic E-state index is 11.4. The third-order valence-electron chi connectivity index (χ3n) is 4.29. The topological polar surface area (TPSA) is 53.4 Å². The third-order valence-corrected chi connectivity index (χ3v) is 4.29. The number of hydrogen-bond donors (Lipinski definition) is 1. The van der Waals surface area contributed by atoms with Gasteiger partial charge in [0.2, 0.25) is 0 Å². The van der Waals surface area contributed by atoms with Crippen LogP contribution >= 0.6 is 0 Å². The first-order valence-corrected chi connectivity index (χ1v) is 7.74. The molecule has 0 amide bonds. The summed E-state index contributed by atoms with van der Waals surface area (Å²) in [5, 5.41) is 9.38. The molecule has 2 rings (SSSR count). The summed E-state index contributed by atoms with van der Waals surface area (Å²) in [6.07, 6.45) is 3.49. The van der Waals surface area contributed by atoms with Crippen LogP contribution in [0.5, 0.6) is 0 Å².